The van der Waals surface area contributed by atoms with Crippen molar-refractivity contribution in [3.05, 3.63) is 12.0 Å². The molecule has 7 heteroatoms. The first kappa shape index (κ1) is 16.0. The van der Waals surface area contributed by atoms with E-state index in [1.54, 1.807) is 18.1 Å². The molecule has 2 unspecified atom stereocenters. The zero-order chi connectivity index (χ0) is 15.5. The molecule has 2 aliphatic heterocycles. The fourth-order valence-electron chi connectivity index (χ4n) is 2.85. The molecule has 1 saturated heterocycles. The molecule has 0 bridgehead atoms. The van der Waals surface area contributed by atoms with E-state index in [1.165, 1.54) is 0 Å². The van der Waals surface area contributed by atoms with Crippen LogP contribution in [0.3, 0.4) is 0 Å². The van der Waals surface area contributed by atoms with Gasteiger partial charge in [0.25, 0.3) is 0 Å². The smallest absolute Gasteiger partial charge is 0.160 e. The van der Waals surface area contributed by atoms with Crippen molar-refractivity contribution < 1.29 is 14.9 Å². The van der Waals surface area contributed by atoms with E-state index in [-0.39, 0.29) is 12.3 Å². The molecule has 22 heavy (non-hydrogen) atoms. The molecule has 0 aliphatic carbocycles. The molecule has 2 N–H and O–H groups in total. The standard InChI is InChI=1S/C15H23N3O3S/c1-2-6-22-8-12-11(20)7-13(21-12)18-9-17-14-10(19)4-3-5-16-15(14)18/h5,9-13,19-20H,2-4,6-8H2,1H3/t10?,11?,12-,13-/m1/s1. The van der Waals surface area contributed by atoms with Crippen molar-refractivity contribution in [3.63, 3.8) is 0 Å². The first-order chi connectivity index (χ1) is 10.7. The molecule has 0 radical (unpaired) electrons. The summed E-state index contributed by atoms with van der Waals surface area (Å²) in [6.07, 6.45) is 5.04. The van der Waals surface area contributed by atoms with Gasteiger partial charge in [-0.05, 0) is 25.0 Å². The zero-order valence-electron chi connectivity index (χ0n) is 12.8. The number of imidazole rings is 1. The highest BCUT2D eigenvalue weighted by molar-refractivity contribution is 7.99. The maximum absolute atomic E-state index is 10.2. The number of rotatable bonds is 5. The van der Waals surface area contributed by atoms with Gasteiger partial charge in [0.2, 0.25) is 0 Å². The van der Waals surface area contributed by atoms with E-state index >= 15 is 0 Å². The summed E-state index contributed by atoms with van der Waals surface area (Å²) < 4.78 is 7.84. The normalized spacial score (nSPS) is 31.2. The Morgan fingerprint density at radius 3 is 3.14 bits per heavy atom. The van der Waals surface area contributed by atoms with Crippen LogP contribution in [-0.2, 0) is 4.74 Å². The summed E-state index contributed by atoms with van der Waals surface area (Å²) in [5, 5.41) is 20.3. The summed E-state index contributed by atoms with van der Waals surface area (Å²) in [5.74, 6) is 2.53. The van der Waals surface area contributed by atoms with E-state index in [0.717, 1.165) is 24.3 Å². The van der Waals surface area contributed by atoms with Gasteiger partial charge in [-0.15, -0.1) is 0 Å². The lowest BCUT2D eigenvalue weighted by atomic mass is 10.1. The molecular weight excluding hydrogens is 302 g/mol. The third-order valence-electron chi connectivity index (χ3n) is 4.04. The van der Waals surface area contributed by atoms with Crippen molar-refractivity contribution in [1.29, 1.82) is 0 Å². The topological polar surface area (TPSA) is 79.9 Å². The molecule has 1 aromatic rings. The van der Waals surface area contributed by atoms with E-state index < -0.39 is 12.2 Å². The van der Waals surface area contributed by atoms with Crippen molar-refractivity contribution in [2.45, 2.75) is 57.1 Å². The molecule has 3 heterocycles. The molecule has 1 fully saturated rings. The van der Waals surface area contributed by atoms with E-state index in [9.17, 15) is 10.2 Å². The van der Waals surface area contributed by atoms with Crippen LogP contribution in [-0.4, -0.2) is 49.7 Å². The molecule has 3 rings (SSSR count). The van der Waals surface area contributed by atoms with Crippen LogP contribution in [0, 0.1) is 0 Å². The largest absolute Gasteiger partial charge is 0.390 e. The van der Waals surface area contributed by atoms with E-state index in [2.05, 4.69) is 16.9 Å². The van der Waals surface area contributed by atoms with Crippen LogP contribution in [0.4, 0.5) is 5.82 Å². The van der Waals surface area contributed by atoms with Gasteiger partial charge in [-0.25, -0.2) is 9.98 Å². The third kappa shape index (κ3) is 3.22. The van der Waals surface area contributed by atoms with Crippen LogP contribution in [0.15, 0.2) is 11.3 Å². The van der Waals surface area contributed by atoms with Crippen LogP contribution in [0.2, 0.25) is 0 Å². The number of aliphatic hydroxyl groups is 2. The van der Waals surface area contributed by atoms with Crippen LogP contribution in [0.25, 0.3) is 0 Å². The van der Waals surface area contributed by atoms with Crippen LogP contribution in [0.1, 0.15) is 50.6 Å². The monoisotopic (exact) mass is 325 g/mol. The quantitative estimate of drug-likeness (QED) is 0.811. The second kappa shape index (κ2) is 7.12. The Labute approximate surface area is 134 Å². The average molecular weight is 325 g/mol. The summed E-state index contributed by atoms with van der Waals surface area (Å²) in [6.45, 7) is 2.14. The Hall–Kier alpha value is -0.890. The minimum absolute atomic E-state index is 0.153. The minimum atomic E-state index is -0.582. The zero-order valence-corrected chi connectivity index (χ0v) is 13.6. The van der Waals surface area contributed by atoms with Crippen LogP contribution >= 0.6 is 11.8 Å². The summed E-state index contributed by atoms with van der Waals surface area (Å²) in [6, 6.07) is 0. The molecular formula is C15H23N3O3S. The molecule has 4 atom stereocenters. The lowest BCUT2D eigenvalue weighted by molar-refractivity contribution is -0.00461. The molecule has 0 saturated carbocycles. The van der Waals surface area contributed by atoms with Gasteiger partial charge in [0.05, 0.1) is 18.5 Å². The Balaban J connectivity index is 1.73. The lowest BCUT2D eigenvalue weighted by Gasteiger charge is -2.16. The van der Waals surface area contributed by atoms with E-state index in [4.69, 9.17) is 4.74 Å². The number of thioether (sulfide) groups is 1. The molecule has 122 valence electrons. The van der Waals surface area contributed by atoms with Crippen molar-refractivity contribution in [2.24, 2.45) is 4.99 Å². The van der Waals surface area contributed by atoms with E-state index in [0.29, 0.717) is 24.4 Å². The second-order valence-electron chi connectivity index (χ2n) is 5.77. The molecule has 1 aromatic heterocycles. The Morgan fingerprint density at radius 1 is 1.45 bits per heavy atom. The number of nitrogens with zero attached hydrogens (tertiary/aromatic N) is 3. The number of aliphatic imine (C=N–C) groups is 1. The molecule has 0 aromatic carbocycles. The second-order valence-corrected chi connectivity index (χ2v) is 6.92. The SMILES string of the molecule is CCCSC[C@H]1O[C@@H](n2cnc3c2N=CCCC3O)CC1O. The maximum Gasteiger partial charge on any atom is 0.160 e. The van der Waals surface area contributed by atoms with Crippen LogP contribution < -0.4 is 0 Å². The molecule has 2 aliphatic rings. The number of hydrogen-bond donors (Lipinski definition) is 2. The lowest BCUT2D eigenvalue weighted by Crippen LogP contribution is -2.23. The highest BCUT2D eigenvalue weighted by atomic mass is 32.2. The number of ether oxygens (including phenoxy) is 1. The van der Waals surface area contributed by atoms with Gasteiger partial charge in [-0.3, -0.25) is 4.57 Å². The summed E-state index contributed by atoms with van der Waals surface area (Å²) in [7, 11) is 0. The fourth-order valence-corrected chi connectivity index (χ4v) is 3.84. The third-order valence-corrected chi connectivity index (χ3v) is 5.30. The maximum atomic E-state index is 10.2. The summed E-state index contributed by atoms with van der Waals surface area (Å²) in [5.41, 5.74) is 0.607. The van der Waals surface area contributed by atoms with Gasteiger partial charge < -0.3 is 14.9 Å². The minimum Gasteiger partial charge on any atom is -0.390 e. The predicted octanol–water partition coefficient (Wildman–Crippen LogP) is 2.20. The number of hydrogen-bond acceptors (Lipinski definition) is 6. The molecule has 6 nitrogen and oxygen atoms in total. The highest BCUT2D eigenvalue weighted by Gasteiger charge is 2.36. The van der Waals surface area contributed by atoms with Gasteiger partial charge in [0.15, 0.2) is 5.82 Å². The Morgan fingerprint density at radius 2 is 2.32 bits per heavy atom. The van der Waals surface area contributed by atoms with Gasteiger partial charge in [0, 0.05) is 18.4 Å². The van der Waals surface area contributed by atoms with Crippen molar-refractivity contribution >= 4 is 23.8 Å². The Kier molecular flexibility index (Phi) is 5.18. The van der Waals surface area contributed by atoms with Gasteiger partial charge in [-0.1, -0.05) is 6.92 Å². The number of aliphatic hydroxyl groups excluding tert-OH is 2. The first-order valence-electron chi connectivity index (χ1n) is 7.89. The predicted molar refractivity (Wildman–Crippen MR) is 86.7 cm³/mol. The highest BCUT2D eigenvalue weighted by Crippen LogP contribution is 2.37. The van der Waals surface area contributed by atoms with Gasteiger partial charge in [-0.2, -0.15) is 11.8 Å². The summed E-state index contributed by atoms with van der Waals surface area (Å²) >= 11 is 1.81. The first-order valence-corrected chi connectivity index (χ1v) is 9.04. The number of aromatic nitrogens is 2. The van der Waals surface area contributed by atoms with Crippen LogP contribution in [0.5, 0.6) is 0 Å². The molecule has 0 amide bonds. The number of fused-ring (bicyclic) bond motifs is 1. The van der Waals surface area contributed by atoms with Crippen molar-refractivity contribution in [1.82, 2.24) is 9.55 Å². The summed E-state index contributed by atoms with van der Waals surface area (Å²) in [4.78, 5) is 8.72. The Bertz CT molecular complexity index is 534. The van der Waals surface area contributed by atoms with Crippen molar-refractivity contribution in [3.8, 4) is 0 Å². The van der Waals surface area contributed by atoms with E-state index in [1.807, 2.05) is 10.8 Å². The van der Waals surface area contributed by atoms with Gasteiger partial charge >= 0.3 is 0 Å². The average Bonchev–Trinajstić information content (AvgIpc) is 3.03. The molecule has 0 spiro atoms. The van der Waals surface area contributed by atoms with Crippen molar-refractivity contribution in [2.75, 3.05) is 11.5 Å². The fraction of sp³-hybridized carbons (Fsp3) is 0.733. The van der Waals surface area contributed by atoms with Gasteiger partial charge in [0.1, 0.15) is 18.0 Å².